The van der Waals surface area contributed by atoms with Gasteiger partial charge in [0.15, 0.2) is 0 Å². The van der Waals surface area contributed by atoms with E-state index in [2.05, 4.69) is 11.8 Å². The quantitative estimate of drug-likeness (QED) is 0.465. The topological polar surface area (TPSA) is 63.4 Å². The molecule has 84 valence electrons. The average Bonchev–Trinajstić information content (AvgIpc) is 2.14. The minimum absolute atomic E-state index is 0.0792. The Morgan fingerprint density at radius 3 is 2.62 bits per heavy atom. The molecular formula is C11H10ClNO3. The van der Waals surface area contributed by atoms with Crippen molar-refractivity contribution in [2.75, 3.05) is 0 Å². The second-order valence-corrected chi connectivity index (χ2v) is 4.14. The van der Waals surface area contributed by atoms with Crippen molar-refractivity contribution in [2.24, 2.45) is 0 Å². The van der Waals surface area contributed by atoms with E-state index in [1.165, 1.54) is 32.0 Å². The summed E-state index contributed by atoms with van der Waals surface area (Å²) in [5, 5.41) is 20.2. The summed E-state index contributed by atoms with van der Waals surface area (Å²) in [6, 6.07) is 3.99. The highest BCUT2D eigenvalue weighted by molar-refractivity contribution is 6.31. The lowest BCUT2D eigenvalue weighted by Gasteiger charge is -2.06. The van der Waals surface area contributed by atoms with Crippen molar-refractivity contribution in [3.05, 3.63) is 38.9 Å². The highest BCUT2D eigenvalue weighted by atomic mass is 35.5. The van der Waals surface area contributed by atoms with E-state index in [0.717, 1.165) is 0 Å². The van der Waals surface area contributed by atoms with E-state index in [-0.39, 0.29) is 5.69 Å². The summed E-state index contributed by atoms with van der Waals surface area (Å²) in [6.45, 7) is 3.04. The molecule has 4 nitrogen and oxygen atoms in total. The number of rotatable bonds is 1. The number of hydrogen-bond donors (Lipinski definition) is 1. The molecule has 5 heteroatoms. The van der Waals surface area contributed by atoms with Crippen LogP contribution in [-0.4, -0.2) is 15.6 Å². The fourth-order valence-corrected chi connectivity index (χ4v) is 1.11. The van der Waals surface area contributed by atoms with Gasteiger partial charge >= 0.3 is 0 Å². The van der Waals surface area contributed by atoms with Crippen LogP contribution in [0, 0.1) is 22.0 Å². The largest absolute Gasteiger partial charge is 0.378 e. The fraction of sp³-hybridized carbons (Fsp3) is 0.273. The molecule has 0 bridgehead atoms. The summed E-state index contributed by atoms with van der Waals surface area (Å²) in [7, 11) is 0. The lowest BCUT2D eigenvalue weighted by molar-refractivity contribution is -0.384. The number of hydrogen-bond acceptors (Lipinski definition) is 3. The second-order valence-electron chi connectivity index (χ2n) is 3.73. The van der Waals surface area contributed by atoms with Crippen LogP contribution >= 0.6 is 11.6 Å². The molecule has 0 aliphatic carbocycles. The molecular weight excluding hydrogens is 230 g/mol. The predicted octanol–water partition coefficient (Wildman–Crippen LogP) is 2.37. The zero-order valence-electron chi connectivity index (χ0n) is 8.82. The van der Waals surface area contributed by atoms with Crippen LogP contribution in [0.4, 0.5) is 5.69 Å². The fourth-order valence-electron chi connectivity index (χ4n) is 0.943. The summed E-state index contributed by atoms with van der Waals surface area (Å²) in [4.78, 5) is 10.0. The van der Waals surface area contributed by atoms with Crippen LogP contribution in [0.2, 0.25) is 5.02 Å². The van der Waals surface area contributed by atoms with Gasteiger partial charge in [-0.2, -0.15) is 0 Å². The first-order valence-corrected chi connectivity index (χ1v) is 4.87. The van der Waals surface area contributed by atoms with Crippen molar-refractivity contribution in [2.45, 2.75) is 19.4 Å². The summed E-state index contributed by atoms with van der Waals surface area (Å²) >= 11 is 5.82. The van der Waals surface area contributed by atoms with Gasteiger partial charge in [-0.3, -0.25) is 10.1 Å². The van der Waals surface area contributed by atoms with Crippen LogP contribution in [0.3, 0.4) is 0 Å². The Morgan fingerprint density at radius 1 is 1.50 bits per heavy atom. The molecule has 0 atom stereocenters. The third-order valence-electron chi connectivity index (χ3n) is 1.66. The number of nitro groups is 1. The molecule has 0 aromatic heterocycles. The Morgan fingerprint density at radius 2 is 2.12 bits per heavy atom. The number of benzene rings is 1. The predicted molar refractivity (Wildman–Crippen MR) is 61.3 cm³/mol. The third kappa shape index (κ3) is 3.54. The van der Waals surface area contributed by atoms with Crippen LogP contribution in [0.5, 0.6) is 0 Å². The molecule has 0 saturated carbocycles. The number of nitro benzene ring substituents is 1. The van der Waals surface area contributed by atoms with Crippen LogP contribution in [0.1, 0.15) is 19.4 Å². The van der Waals surface area contributed by atoms with Gasteiger partial charge in [-0.25, -0.2) is 0 Å². The molecule has 0 fully saturated rings. The molecule has 0 amide bonds. The van der Waals surface area contributed by atoms with Gasteiger partial charge in [0.05, 0.1) is 15.5 Å². The molecule has 1 aromatic carbocycles. The molecule has 1 rings (SSSR count). The van der Waals surface area contributed by atoms with Gasteiger partial charge in [-0.15, -0.1) is 0 Å². The van der Waals surface area contributed by atoms with Crippen molar-refractivity contribution in [3.63, 3.8) is 0 Å². The van der Waals surface area contributed by atoms with Crippen molar-refractivity contribution >= 4 is 17.3 Å². The van der Waals surface area contributed by atoms with Crippen molar-refractivity contribution < 1.29 is 10.0 Å². The second kappa shape index (κ2) is 4.52. The Labute approximate surface area is 98.0 Å². The van der Waals surface area contributed by atoms with Gasteiger partial charge < -0.3 is 5.11 Å². The molecule has 0 saturated heterocycles. The number of aliphatic hydroxyl groups is 1. The first kappa shape index (κ1) is 12.5. The lowest BCUT2D eigenvalue weighted by Crippen LogP contribution is -2.14. The van der Waals surface area contributed by atoms with Gasteiger partial charge in [0.1, 0.15) is 5.60 Å². The monoisotopic (exact) mass is 239 g/mol. The maximum atomic E-state index is 10.5. The van der Waals surface area contributed by atoms with Crippen LogP contribution in [-0.2, 0) is 0 Å². The number of nitrogens with zero attached hydrogens (tertiary/aromatic N) is 1. The van der Waals surface area contributed by atoms with Gasteiger partial charge in [0, 0.05) is 12.1 Å². The first-order valence-electron chi connectivity index (χ1n) is 4.49. The summed E-state index contributed by atoms with van der Waals surface area (Å²) < 4.78 is 0. The smallest absolute Gasteiger partial charge is 0.270 e. The van der Waals surface area contributed by atoms with Crippen LogP contribution in [0.25, 0.3) is 0 Å². The SMILES string of the molecule is CC(C)(O)C#Cc1cc([N+](=O)[O-])ccc1Cl. The van der Waals surface area contributed by atoms with Gasteiger partial charge in [0.25, 0.3) is 5.69 Å². The number of halogens is 1. The van der Waals surface area contributed by atoms with Gasteiger partial charge in [-0.05, 0) is 19.9 Å². The summed E-state index contributed by atoms with van der Waals surface area (Å²) in [5.74, 6) is 5.16. The van der Waals surface area contributed by atoms with E-state index >= 15 is 0 Å². The summed E-state index contributed by atoms with van der Waals surface area (Å²) in [5.41, 5.74) is -0.907. The Bertz CT molecular complexity index is 480. The molecule has 0 unspecified atom stereocenters. The van der Waals surface area contributed by atoms with Crippen molar-refractivity contribution in [1.29, 1.82) is 0 Å². The molecule has 0 heterocycles. The van der Waals surface area contributed by atoms with E-state index in [0.29, 0.717) is 10.6 Å². The molecule has 0 spiro atoms. The van der Waals surface area contributed by atoms with Gasteiger partial charge in [-0.1, -0.05) is 23.4 Å². The lowest BCUT2D eigenvalue weighted by atomic mass is 10.1. The zero-order valence-corrected chi connectivity index (χ0v) is 9.58. The van der Waals surface area contributed by atoms with Crippen LogP contribution in [0.15, 0.2) is 18.2 Å². The zero-order chi connectivity index (χ0) is 12.3. The van der Waals surface area contributed by atoms with E-state index in [1.54, 1.807) is 0 Å². The first-order chi connectivity index (χ1) is 7.29. The van der Waals surface area contributed by atoms with Crippen molar-refractivity contribution in [3.8, 4) is 11.8 Å². The summed E-state index contributed by atoms with van der Waals surface area (Å²) in [6.07, 6.45) is 0. The Kier molecular flexibility index (Phi) is 3.53. The molecule has 0 aliphatic heterocycles. The Balaban J connectivity index is 3.17. The standard InChI is InChI=1S/C11H10ClNO3/c1-11(2,14)6-5-8-7-9(13(15)16)3-4-10(8)12/h3-4,7,14H,1-2H3. The number of non-ortho nitro benzene ring substituents is 1. The molecule has 0 aliphatic rings. The van der Waals surface area contributed by atoms with Crippen LogP contribution < -0.4 is 0 Å². The Hall–Kier alpha value is -1.57. The van der Waals surface area contributed by atoms with E-state index < -0.39 is 10.5 Å². The minimum atomic E-state index is -1.16. The van der Waals surface area contributed by atoms with E-state index in [4.69, 9.17) is 11.6 Å². The molecule has 1 aromatic rings. The van der Waals surface area contributed by atoms with E-state index in [1.807, 2.05) is 0 Å². The minimum Gasteiger partial charge on any atom is -0.378 e. The van der Waals surface area contributed by atoms with Gasteiger partial charge in [0.2, 0.25) is 0 Å². The van der Waals surface area contributed by atoms with E-state index in [9.17, 15) is 15.2 Å². The average molecular weight is 240 g/mol. The normalized spacial score (nSPS) is 10.5. The molecule has 1 N–H and O–H groups in total. The molecule has 16 heavy (non-hydrogen) atoms. The van der Waals surface area contributed by atoms with Crippen molar-refractivity contribution in [1.82, 2.24) is 0 Å². The third-order valence-corrected chi connectivity index (χ3v) is 1.99. The highest BCUT2D eigenvalue weighted by Crippen LogP contribution is 2.21. The maximum absolute atomic E-state index is 10.5. The highest BCUT2D eigenvalue weighted by Gasteiger charge is 2.10. The molecule has 0 radical (unpaired) electrons. The maximum Gasteiger partial charge on any atom is 0.270 e.